The minimum atomic E-state index is 0.437. The van der Waals surface area contributed by atoms with Crippen LogP contribution in [0.2, 0.25) is 5.02 Å². The summed E-state index contributed by atoms with van der Waals surface area (Å²) in [5.74, 6) is 0.598. The second-order valence-corrected chi connectivity index (χ2v) is 6.77. The van der Waals surface area contributed by atoms with Crippen molar-refractivity contribution in [1.82, 2.24) is 16.2 Å². The number of rotatable bonds is 7. The first-order chi connectivity index (χ1) is 11.0. The Hall–Kier alpha value is -1.11. The summed E-state index contributed by atoms with van der Waals surface area (Å²) < 4.78 is 0. The van der Waals surface area contributed by atoms with Crippen molar-refractivity contribution < 1.29 is 0 Å². The number of thiocarbonyl (C=S) groups is 2. The number of unbranched alkanes of at least 4 members (excludes halogenated alkanes) is 2. The molecule has 0 aliphatic heterocycles. The van der Waals surface area contributed by atoms with E-state index in [1.807, 2.05) is 12.1 Å². The summed E-state index contributed by atoms with van der Waals surface area (Å²) in [6.45, 7) is 5.30. The van der Waals surface area contributed by atoms with Crippen LogP contribution < -0.4 is 21.5 Å². The number of nitrogens with one attached hydrogen (secondary N) is 4. The number of benzene rings is 1. The topological polar surface area (TPSA) is 48.1 Å². The molecule has 7 heteroatoms. The normalized spacial score (nSPS) is 11.4. The van der Waals surface area contributed by atoms with E-state index >= 15 is 0 Å². The maximum atomic E-state index is 5.84. The van der Waals surface area contributed by atoms with Crippen LogP contribution in [0.5, 0.6) is 0 Å². The molecule has 0 radical (unpaired) electrons. The van der Waals surface area contributed by atoms with Gasteiger partial charge in [0.25, 0.3) is 0 Å². The van der Waals surface area contributed by atoms with E-state index in [4.69, 9.17) is 36.0 Å². The predicted molar refractivity (Wildman–Crippen MR) is 108 cm³/mol. The fraction of sp³-hybridized carbons (Fsp3) is 0.500. The molecule has 1 rings (SSSR count). The minimum absolute atomic E-state index is 0.437. The van der Waals surface area contributed by atoms with Gasteiger partial charge in [-0.25, -0.2) is 0 Å². The van der Waals surface area contributed by atoms with Gasteiger partial charge >= 0.3 is 0 Å². The fourth-order valence-electron chi connectivity index (χ4n) is 1.97. The molecule has 23 heavy (non-hydrogen) atoms. The van der Waals surface area contributed by atoms with Gasteiger partial charge in [-0.2, -0.15) is 0 Å². The van der Waals surface area contributed by atoms with Gasteiger partial charge in [-0.1, -0.05) is 44.7 Å². The zero-order chi connectivity index (χ0) is 17.1. The molecule has 1 aromatic rings. The second-order valence-electron chi connectivity index (χ2n) is 5.52. The van der Waals surface area contributed by atoms with Gasteiger partial charge in [0.05, 0.1) is 0 Å². The second kappa shape index (κ2) is 11.4. The first-order valence-corrected chi connectivity index (χ1v) is 9.07. The Morgan fingerprint density at radius 2 is 1.74 bits per heavy atom. The molecular weight excluding hydrogens is 348 g/mol. The Balaban J connectivity index is 2.17. The van der Waals surface area contributed by atoms with E-state index in [2.05, 4.69) is 35.3 Å². The lowest BCUT2D eigenvalue weighted by molar-refractivity contribution is 0.486. The van der Waals surface area contributed by atoms with Crippen molar-refractivity contribution in [2.24, 2.45) is 5.92 Å². The average molecular weight is 373 g/mol. The van der Waals surface area contributed by atoms with Crippen molar-refractivity contribution in [3.05, 3.63) is 29.3 Å². The predicted octanol–water partition coefficient (Wildman–Crippen LogP) is 4.22. The largest absolute Gasteiger partial charge is 0.361 e. The molecule has 128 valence electrons. The van der Waals surface area contributed by atoms with Crippen LogP contribution in [0.15, 0.2) is 24.3 Å². The summed E-state index contributed by atoms with van der Waals surface area (Å²) in [6, 6.07) is 7.30. The van der Waals surface area contributed by atoms with E-state index in [-0.39, 0.29) is 0 Å². The zero-order valence-corrected chi connectivity index (χ0v) is 16.0. The third-order valence-electron chi connectivity index (χ3n) is 3.30. The summed E-state index contributed by atoms with van der Waals surface area (Å²) in [4.78, 5) is 0. The number of halogens is 1. The fourth-order valence-corrected chi connectivity index (χ4v) is 2.39. The molecule has 4 nitrogen and oxygen atoms in total. The molecule has 0 unspecified atom stereocenters. The van der Waals surface area contributed by atoms with Crippen molar-refractivity contribution in [2.75, 3.05) is 11.9 Å². The van der Waals surface area contributed by atoms with Gasteiger partial charge in [0.15, 0.2) is 10.2 Å². The Morgan fingerprint density at radius 3 is 2.39 bits per heavy atom. The summed E-state index contributed by atoms with van der Waals surface area (Å²) in [5, 5.41) is 7.88. The maximum absolute atomic E-state index is 5.84. The molecule has 0 aliphatic rings. The van der Waals surface area contributed by atoms with Gasteiger partial charge in [0, 0.05) is 17.3 Å². The van der Waals surface area contributed by atoms with Crippen LogP contribution in [0, 0.1) is 5.92 Å². The lowest BCUT2D eigenvalue weighted by Crippen LogP contribution is -2.48. The summed E-state index contributed by atoms with van der Waals surface area (Å²) in [5.41, 5.74) is 6.59. The number of anilines is 1. The zero-order valence-electron chi connectivity index (χ0n) is 13.6. The highest BCUT2D eigenvalue weighted by Gasteiger charge is 2.03. The molecule has 0 spiro atoms. The van der Waals surface area contributed by atoms with E-state index in [0.717, 1.165) is 12.2 Å². The quantitative estimate of drug-likeness (QED) is 0.326. The molecule has 4 N–H and O–H groups in total. The molecule has 1 aromatic carbocycles. The Kier molecular flexibility index (Phi) is 9.91. The van der Waals surface area contributed by atoms with Crippen LogP contribution >= 0.6 is 36.0 Å². The Morgan fingerprint density at radius 1 is 1.09 bits per heavy atom. The van der Waals surface area contributed by atoms with Gasteiger partial charge in [-0.05, 0) is 61.0 Å². The molecule has 0 heterocycles. The van der Waals surface area contributed by atoms with Crippen LogP contribution in [0.25, 0.3) is 0 Å². The van der Waals surface area contributed by atoms with Crippen molar-refractivity contribution in [2.45, 2.75) is 39.5 Å². The number of hydrogen-bond acceptors (Lipinski definition) is 2. The highest BCUT2D eigenvalue weighted by atomic mass is 35.5. The van der Waals surface area contributed by atoms with Crippen LogP contribution in [0.1, 0.15) is 39.5 Å². The smallest absolute Gasteiger partial charge is 0.189 e. The maximum Gasteiger partial charge on any atom is 0.189 e. The Bertz CT molecular complexity index is 493. The molecule has 0 saturated carbocycles. The third-order valence-corrected chi connectivity index (χ3v) is 4.01. The molecular formula is C16H25ClN4S2. The molecule has 1 atom stereocenters. The van der Waals surface area contributed by atoms with E-state index in [1.165, 1.54) is 25.7 Å². The van der Waals surface area contributed by atoms with Crippen LogP contribution in [-0.2, 0) is 0 Å². The van der Waals surface area contributed by atoms with E-state index in [9.17, 15) is 0 Å². The van der Waals surface area contributed by atoms with E-state index in [1.54, 1.807) is 12.1 Å². The monoisotopic (exact) mass is 372 g/mol. The third kappa shape index (κ3) is 9.58. The lowest BCUT2D eigenvalue weighted by Gasteiger charge is -2.16. The SMILES string of the molecule is CCCCC[C@H](C)CNC(=S)NNC(=S)Nc1ccc(Cl)cc1. The van der Waals surface area contributed by atoms with E-state index in [0.29, 0.717) is 21.2 Å². The first-order valence-electron chi connectivity index (χ1n) is 7.87. The number of hydrogen-bond donors (Lipinski definition) is 4. The summed E-state index contributed by atoms with van der Waals surface area (Å²) >= 11 is 16.2. The molecule has 0 amide bonds. The van der Waals surface area contributed by atoms with Gasteiger partial charge in [0.2, 0.25) is 0 Å². The first kappa shape index (κ1) is 19.9. The van der Waals surface area contributed by atoms with E-state index < -0.39 is 0 Å². The van der Waals surface area contributed by atoms with Crippen molar-refractivity contribution >= 4 is 51.9 Å². The minimum Gasteiger partial charge on any atom is -0.361 e. The molecule has 0 aromatic heterocycles. The highest BCUT2D eigenvalue weighted by Crippen LogP contribution is 2.13. The van der Waals surface area contributed by atoms with Crippen LogP contribution in [0.3, 0.4) is 0 Å². The van der Waals surface area contributed by atoms with Gasteiger partial charge in [-0.15, -0.1) is 0 Å². The van der Waals surface area contributed by atoms with Gasteiger partial charge < -0.3 is 10.6 Å². The average Bonchev–Trinajstić information content (AvgIpc) is 2.53. The van der Waals surface area contributed by atoms with Crippen molar-refractivity contribution in [3.63, 3.8) is 0 Å². The van der Waals surface area contributed by atoms with Crippen LogP contribution in [-0.4, -0.2) is 16.8 Å². The molecule has 0 saturated heterocycles. The molecule has 0 fully saturated rings. The van der Waals surface area contributed by atoms with Gasteiger partial charge in [-0.3, -0.25) is 10.9 Å². The standard InChI is InChI=1S/C16H25ClN4S2/c1-3-4-5-6-12(2)11-18-15(22)20-21-16(23)19-14-9-7-13(17)8-10-14/h7-10,12H,3-6,11H2,1-2H3,(H2,18,20,22)(H2,19,21,23)/t12-/m0/s1. The number of hydrazine groups is 1. The summed E-state index contributed by atoms with van der Waals surface area (Å²) in [7, 11) is 0. The van der Waals surface area contributed by atoms with Crippen molar-refractivity contribution in [3.8, 4) is 0 Å². The molecule has 0 bridgehead atoms. The van der Waals surface area contributed by atoms with Gasteiger partial charge in [0.1, 0.15) is 0 Å². The summed E-state index contributed by atoms with van der Waals surface area (Å²) in [6.07, 6.45) is 5.03. The lowest BCUT2D eigenvalue weighted by atomic mass is 10.0. The Labute approximate surface area is 154 Å². The molecule has 0 aliphatic carbocycles. The van der Waals surface area contributed by atoms with Crippen LogP contribution in [0.4, 0.5) is 5.69 Å². The highest BCUT2D eigenvalue weighted by molar-refractivity contribution is 7.80. The van der Waals surface area contributed by atoms with Crippen molar-refractivity contribution in [1.29, 1.82) is 0 Å².